The molecular formula is C26H26ClN3O2. The third-order valence-corrected chi connectivity index (χ3v) is 6.00. The maximum atomic E-state index is 12.4. The number of hydrogen-bond donors (Lipinski definition) is 2. The molecule has 0 aliphatic carbocycles. The fourth-order valence-corrected chi connectivity index (χ4v) is 4.48. The van der Waals surface area contributed by atoms with E-state index in [1.54, 1.807) is 6.92 Å². The molecule has 1 aliphatic rings. The zero-order chi connectivity index (χ0) is 22.8. The average Bonchev–Trinajstić information content (AvgIpc) is 2.75. The molecule has 3 aromatic carbocycles. The average molecular weight is 448 g/mol. The Labute approximate surface area is 193 Å². The van der Waals surface area contributed by atoms with Crippen molar-refractivity contribution in [1.82, 2.24) is 0 Å². The van der Waals surface area contributed by atoms with Crippen LogP contribution in [0.5, 0.6) is 0 Å². The van der Waals surface area contributed by atoms with Crippen molar-refractivity contribution in [2.24, 2.45) is 0 Å². The zero-order valence-electron chi connectivity index (χ0n) is 18.4. The Balaban J connectivity index is 1.71. The Morgan fingerprint density at radius 2 is 1.53 bits per heavy atom. The lowest BCUT2D eigenvalue weighted by molar-refractivity contribution is -0.117. The monoisotopic (exact) mass is 447 g/mol. The van der Waals surface area contributed by atoms with E-state index in [0.717, 1.165) is 40.2 Å². The number of rotatable bonds is 4. The molecule has 2 N–H and O–H groups in total. The predicted octanol–water partition coefficient (Wildman–Crippen LogP) is 6.26. The number of nitrogens with one attached hydrogen (secondary N) is 2. The summed E-state index contributed by atoms with van der Waals surface area (Å²) in [6, 6.07) is 21.8. The Bertz CT molecular complexity index is 1140. The van der Waals surface area contributed by atoms with Gasteiger partial charge in [-0.25, -0.2) is 0 Å². The number of amides is 2. The minimum absolute atomic E-state index is 0.0381. The molecule has 0 radical (unpaired) electrons. The summed E-state index contributed by atoms with van der Waals surface area (Å²) in [5, 5.41) is 7.11. The molecule has 6 heteroatoms. The fraction of sp³-hybridized carbons (Fsp3) is 0.231. The molecule has 0 spiro atoms. The highest BCUT2D eigenvalue weighted by Crippen LogP contribution is 2.41. The van der Waals surface area contributed by atoms with Crippen molar-refractivity contribution >= 4 is 40.5 Å². The zero-order valence-corrected chi connectivity index (χ0v) is 19.1. The van der Waals surface area contributed by atoms with Crippen LogP contribution in [0.4, 0.5) is 17.1 Å². The first-order valence-corrected chi connectivity index (χ1v) is 11.0. The molecule has 2 atom stereocenters. The van der Waals surface area contributed by atoms with Crippen molar-refractivity contribution in [3.8, 4) is 11.1 Å². The van der Waals surface area contributed by atoms with Gasteiger partial charge in [0.1, 0.15) is 0 Å². The van der Waals surface area contributed by atoms with E-state index in [1.807, 2.05) is 65.6 Å². The third kappa shape index (κ3) is 4.63. The lowest BCUT2D eigenvalue weighted by Crippen LogP contribution is -2.43. The summed E-state index contributed by atoms with van der Waals surface area (Å²) in [4.78, 5) is 25.6. The maximum Gasteiger partial charge on any atom is 0.224 e. The number of fused-ring (bicyclic) bond motifs is 1. The summed E-state index contributed by atoms with van der Waals surface area (Å²) in [7, 11) is 0. The molecule has 0 aromatic heterocycles. The Hall–Kier alpha value is -3.31. The van der Waals surface area contributed by atoms with Crippen molar-refractivity contribution in [1.29, 1.82) is 0 Å². The highest BCUT2D eigenvalue weighted by atomic mass is 35.5. The first-order chi connectivity index (χ1) is 15.3. The molecule has 0 unspecified atom stereocenters. The van der Waals surface area contributed by atoms with E-state index >= 15 is 0 Å². The Kier molecular flexibility index (Phi) is 6.19. The molecule has 0 bridgehead atoms. The van der Waals surface area contributed by atoms with Gasteiger partial charge in [0.25, 0.3) is 0 Å². The van der Waals surface area contributed by atoms with Crippen molar-refractivity contribution in [2.45, 2.75) is 39.3 Å². The van der Waals surface area contributed by atoms with Gasteiger partial charge in [-0.15, -0.1) is 0 Å². The van der Waals surface area contributed by atoms with Gasteiger partial charge >= 0.3 is 0 Å². The Morgan fingerprint density at radius 3 is 2.16 bits per heavy atom. The maximum absolute atomic E-state index is 12.4. The smallest absolute Gasteiger partial charge is 0.224 e. The van der Waals surface area contributed by atoms with Gasteiger partial charge in [-0.3, -0.25) is 9.59 Å². The lowest BCUT2D eigenvalue weighted by atomic mass is 9.89. The van der Waals surface area contributed by atoms with E-state index in [-0.39, 0.29) is 23.9 Å². The largest absolute Gasteiger partial charge is 0.378 e. The number of hydrogen-bond acceptors (Lipinski definition) is 3. The van der Waals surface area contributed by atoms with Crippen molar-refractivity contribution in [3.05, 3.63) is 77.3 Å². The first-order valence-electron chi connectivity index (χ1n) is 10.7. The molecule has 1 heterocycles. The molecule has 0 fully saturated rings. The van der Waals surface area contributed by atoms with Crippen LogP contribution in [0, 0.1) is 0 Å². The molecule has 3 aromatic rings. The molecule has 0 saturated carbocycles. The molecule has 1 aliphatic heterocycles. The van der Waals surface area contributed by atoms with Gasteiger partial charge in [0.05, 0.1) is 6.04 Å². The van der Waals surface area contributed by atoms with E-state index in [0.29, 0.717) is 5.02 Å². The molecule has 5 nitrogen and oxygen atoms in total. The summed E-state index contributed by atoms with van der Waals surface area (Å²) in [5.41, 5.74) is 5.86. The van der Waals surface area contributed by atoms with Gasteiger partial charge in [-0.2, -0.15) is 0 Å². The van der Waals surface area contributed by atoms with Gasteiger partial charge in [-0.1, -0.05) is 29.8 Å². The van der Waals surface area contributed by atoms with Gasteiger partial charge in [0.2, 0.25) is 11.8 Å². The minimum atomic E-state index is -0.0962. The second-order valence-electron chi connectivity index (χ2n) is 8.21. The molecule has 4 rings (SSSR count). The summed E-state index contributed by atoms with van der Waals surface area (Å²) < 4.78 is 0. The van der Waals surface area contributed by atoms with Gasteiger partial charge in [0, 0.05) is 42.0 Å². The number of benzene rings is 3. The second-order valence-corrected chi connectivity index (χ2v) is 8.65. The van der Waals surface area contributed by atoms with Crippen LogP contribution in [0.3, 0.4) is 0 Å². The molecule has 164 valence electrons. The third-order valence-electron chi connectivity index (χ3n) is 5.74. The summed E-state index contributed by atoms with van der Waals surface area (Å²) in [6.07, 6.45) is 0.792. The van der Waals surface area contributed by atoms with Crippen LogP contribution in [-0.2, 0) is 9.59 Å². The van der Waals surface area contributed by atoms with E-state index in [1.165, 1.54) is 6.92 Å². The highest BCUT2D eigenvalue weighted by Gasteiger charge is 2.32. The van der Waals surface area contributed by atoms with Crippen molar-refractivity contribution in [3.63, 3.8) is 0 Å². The SMILES string of the molecule is CC(=O)Nc1ccc(-c2ccc3c(c2)[C@H](Nc2ccc(Cl)cc2)C[C@H](C)N3C(C)=O)cc1. The van der Waals surface area contributed by atoms with Crippen LogP contribution < -0.4 is 15.5 Å². The van der Waals surface area contributed by atoms with E-state index < -0.39 is 0 Å². The number of carbonyl (C=O) groups is 2. The van der Waals surface area contributed by atoms with Gasteiger partial charge in [0.15, 0.2) is 0 Å². The lowest BCUT2D eigenvalue weighted by Gasteiger charge is -2.39. The minimum Gasteiger partial charge on any atom is -0.378 e. The van der Waals surface area contributed by atoms with Crippen LogP contribution in [0.15, 0.2) is 66.7 Å². The van der Waals surface area contributed by atoms with Crippen LogP contribution in [-0.4, -0.2) is 17.9 Å². The van der Waals surface area contributed by atoms with Crippen molar-refractivity contribution < 1.29 is 9.59 Å². The number of halogens is 1. The quantitative estimate of drug-likeness (QED) is 0.496. The van der Waals surface area contributed by atoms with Crippen LogP contribution in [0.2, 0.25) is 5.02 Å². The molecule has 2 amide bonds. The topological polar surface area (TPSA) is 61.4 Å². The molecule has 0 saturated heterocycles. The summed E-state index contributed by atoms with van der Waals surface area (Å²) in [5.74, 6) is -0.0582. The van der Waals surface area contributed by atoms with Crippen LogP contribution in [0.25, 0.3) is 11.1 Å². The number of nitrogens with zero attached hydrogens (tertiary/aromatic N) is 1. The summed E-state index contributed by atoms with van der Waals surface area (Å²) in [6.45, 7) is 5.18. The number of anilines is 3. The normalized spacial score (nSPS) is 17.4. The number of carbonyl (C=O) groups excluding carboxylic acids is 2. The Morgan fingerprint density at radius 1 is 0.906 bits per heavy atom. The first kappa shape index (κ1) is 21.9. The van der Waals surface area contributed by atoms with Gasteiger partial charge in [-0.05, 0) is 78.6 Å². The second kappa shape index (κ2) is 9.05. The molecule has 32 heavy (non-hydrogen) atoms. The van der Waals surface area contributed by atoms with Gasteiger partial charge < -0.3 is 15.5 Å². The van der Waals surface area contributed by atoms with Crippen molar-refractivity contribution in [2.75, 3.05) is 15.5 Å². The van der Waals surface area contributed by atoms with E-state index in [2.05, 4.69) is 23.6 Å². The predicted molar refractivity (Wildman–Crippen MR) is 131 cm³/mol. The summed E-state index contributed by atoms with van der Waals surface area (Å²) >= 11 is 6.05. The highest BCUT2D eigenvalue weighted by molar-refractivity contribution is 6.30. The molecular weight excluding hydrogens is 422 g/mol. The standard InChI is InChI=1S/C26H26ClN3O2/c1-16-14-25(29-23-11-7-21(27)8-12-23)24-15-20(6-13-26(24)30(16)18(3)32)19-4-9-22(10-5-19)28-17(2)31/h4-13,15-16,25,29H,14H2,1-3H3,(H,28,31)/t16-,25+/m0/s1. The van der Waals surface area contributed by atoms with E-state index in [4.69, 9.17) is 11.6 Å². The van der Waals surface area contributed by atoms with Crippen LogP contribution >= 0.6 is 11.6 Å². The fourth-order valence-electron chi connectivity index (χ4n) is 4.36. The van der Waals surface area contributed by atoms with E-state index in [9.17, 15) is 9.59 Å². The van der Waals surface area contributed by atoms with Crippen LogP contribution in [0.1, 0.15) is 38.8 Å².